The van der Waals surface area contributed by atoms with E-state index in [0.717, 1.165) is 5.56 Å². The Hall–Kier alpha value is -2.13. The molecule has 0 bridgehead atoms. The van der Waals surface area contributed by atoms with Gasteiger partial charge in [-0.2, -0.15) is 0 Å². The van der Waals surface area contributed by atoms with Crippen LogP contribution in [-0.4, -0.2) is 11.2 Å². The number of esters is 1. The predicted octanol–water partition coefficient (Wildman–Crippen LogP) is 3.42. The van der Waals surface area contributed by atoms with Crippen LogP contribution in [0.5, 0.6) is 0 Å². The average Bonchev–Trinajstić information content (AvgIpc) is 2.46. The number of hydrogen-bond donors (Lipinski definition) is 0. The van der Waals surface area contributed by atoms with Crippen molar-refractivity contribution in [3.05, 3.63) is 71.3 Å². The van der Waals surface area contributed by atoms with Crippen LogP contribution in [0.2, 0.25) is 0 Å². The van der Waals surface area contributed by atoms with Gasteiger partial charge in [0.15, 0.2) is 0 Å². The summed E-state index contributed by atoms with van der Waals surface area (Å²) >= 11 is 5.36. The van der Waals surface area contributed by atoms with Gasteiger partial charge in [-0.1, -0.05) is 42.5 Å². The topological polar surface area (TPSA) is 43.4 Å². The normalized spacial score (nSPS) is 9.95. The standard InChI is InChI=1S/C15H11ClO3/c16-14(17)12-7-4-8-13(9-12)15(18)19-10-11-5-2-1-3-6-11/h1-9H,10H2. The molecule has 0 fully saturated rings. The van der Waals surface area contributed by atoms with Crippen molar-refractivity contribution < 1.29 is 14.3 Å². The Morgan fingerprint density at radius 2 is 1.63 bits per heavy atom. The van der Waals surface area contributed by atoms with Crippen molar-refractivity contribution >= 4 is 22.8 Å². The van der Waals surface area contributed by atoms with Crippen LogP contribution >= 0.6 is 11.6 Å². The fourth-order valence-electron chi connectivity index (χ4n) is 1.57. The van der Waals surface area contributed by atoms with Crippen molar-refractivity contribution in [3.63, 3.8) is 0 Å². The van der Waals surface area contributed by atoms with Crippen molar-refractivity contribution in [1.82, 2.24) is 0 Å². The summed E-state index contributed by atoms with van der Waals surface area (Å²) < 4.78 is 5.16. The zero-order valence-corrected chi connectivity index (χ0v) is 10.8. The van der Waals surface area contributed by atoms with Crippen LogP contribution in [0.1, 0.15) is 26.3 Å². The first kappa shape index (κ1) is 13.3. The maximum Gasteiger partial charge on any atom is 0.338 e. The number of hydrogen-bond acceptors (Lipinski definition) is 3. The maximum absolute atomic E-state index is 11.8. The zero-order chi connectivity index (χ0) is 13.7. The Kier molecular flexibility index (Phi) is 4.31. The van der Waals surface area contributed by atoms with E-state index in [0.29, 0.717) is 5.56 Å². The highest BCUT2D eigenvalue weighted by Gasteiger charge is 2.10. The zero-order valence-electron chi connectivity index (χ0n) is 10.0. The second-order valence-corrected chi connectivity index (χ2v) is 4.26. The second-order valence-electron chi connectivity index (χ2n) is 3.92. The van der Waals surface area contributed by atoms with Gasteiger partial charge in [0, 0.05) is 5.56 Å². The van der Waals surface area contributed by atoms with Crippen LogP contribution in [0.4, 0.5) is 0 Å². The minimum Gasteiger partial charge on any atom is -0.457 e. The highest BCUT2D eigenvalue weighted by atomic mass is 35.5. The van der Waals surface area contributed by atoms with Crippen molar-refractivity contribution in [2.45, 2.75) is 6.61 Å². The van der Waals surface area contributed by atoms with E-state index in [2.05, 4.69) is 0 Å². The molecule has 0 aliphatic rings. The Morgan fingerprint density at radius 3 is 2.32 bits per heavy atom. The van der Waals surface area contributed by atoms with Gasteiger partial charge in [0.1, 0.15) is 6.61 Å². The van der Waals surface area contributed by atoms with Gasteiger partial charge in [-0.25, -0.2) is 4.79 Å². The van der Waals surface area contributed by atoms with E-state index in [9.17, 15) is 9.59 Å². The molecule has 19 heavy (non-hydrogen) atoms. The lowest BCUT2D eigenvalue weighted by Gasteiger charge is -2.05. The van der Waals surface area contributed by atoms with Crippen molar-refractivity contribution in [2.75, 3.05) is 0 Å². The lowest BCUT2D eigenvalue weighted by molar-refractivity contribution is 0.0472. The third-order valence-corrected chi connectivity index (χ3v) is 2.76. The largest absolute Gasteiger partial charge is 0.457 e. The van der Waals surface area contributed by atoms with E-state index < -0.39 is 11.2 Å². The van der Waals surface area contributed by atoms with E-state index >= 15 is 0 Å². The summed E-state index contributed by atoms with van der Waals surface area (Å²) in [4.78, 5) is 22.8. The Balaban J connectivity index is 2.04. The fourth-order valence-corrected chi connectivity index (χ4v) is 1.69. The number of halogens is 1. The van der Waals surface area contributed by atoms with E-state index in [4.69, 9.17) is 16.3 Å². The predicted molar refractivity (Wildman–Crippen MR) is 72.2 cm³/mol. The third-order valence-electron chi connectivity index (χ3n) is 2.54. The summed E-state index contributed by atoms with van der Waals surface area (Å²) in [6.45, 7) is 0.193. The first-order valence-corrected chi connectivity index (χ1v) is 6.05. The molecule has 96 valence electrons. The van der Waals surface area contributed by atoms with E-state index in [1.54, 1.807) is 18.2 Å². The summed E-state index contributed by atoms with van der Waals surface area (Å²) in [5, 5.41) is -0.599. The van der Waals surface area contributed by atoms with Crippen LogP contribution in [-0.2, 0) is 11.3 Å². The van der Waals surface area contributed by atoms with Crippen molar-refractivity contribution in [2.24, 2.45) is 0 Å². The molecule has 0 amide bonds. The minimum absolute atomic E-state index is 0.193. The van der Waals surface area contributed by atoms with Crippen molar-refractivity contribution in [3.8, 4) is 0 Å². The summed E-state index contributed by atoms with van der Waals surface area (Å²) in [6.07, 6.45) is 0. The van der Waals surface area contributed by atoms with Crippen molar-refractivity contribution in [1.29, 1.82) is 0 Å². The van der Waals surface area contributed by atoms with E-state index in [1.807, 2.05) is 30.3 Å². The highest BCUT2D eigenvalue weighted by Crippen LogP contribution is 2.10. The maximum atomic E-state index is 11.8. The molecule has 0 aliphatic heterocycles. The molecule has 4 heteroatoms. The fraction of sp³-hybridized carbons (Fsp3) is 0.0667. The number of carbonyl (C=O) groups is 2. The molecule has 3 nitrogen and oxygen atoms in total. The molecule has 0 saturated carbocycles. The molecule has 2 rings (SSSR count). The Labute approximate surface area is 115 Å². The summed E-state index contributed by atoms with van der Waals surface area (Å²) in [6, 6.07) is 15.5. The molecule has 0 spiro atoms. The minimum atomic E-state index is -0.599. The summed E-state index contributed by atoms with van der Waals surface area (Å²) in [5.74, 6) is -0.483. The van der Waals surface area contributed by atoms with Gasteiger partial charge in [0.2, 0.25) is 0 Å². The molecule has 0 saturated heterocycles. The molecule has 0 radical (unpaired) electrons. The second kappa shape index (κ2) is 6.16. The number of rotatable bonds is 4. The molecule has 0 heterocycles. The van der Waals surface area contributed by atoms with Crippen LogP contribution in [0.15, 0.2) is 54.6 Å². The van der Waals surface area contributed by atoms with Gasteiger partial charge in [0.05, 0.1) is 5.56 Å². The number of carbonyl (C=O) groups excluding carboxylic acids is 2. The molecule has 2 aromatic carbocycles. The number of benzene rings is 2. The van der Waals surface area contributed by atoms with Crippen LogP contribution in [0.3, 0.4) is 0 Å². The molecule has 0 atom stereocenters. The van der Waals surface area contributed by atoms with E-state index in [1.165, 1.54) is 6.07 Å². The lowest BCUT2D eigenvalue weighted by atomic mass is 10.1. The summed E-state index contributed by atoms with van der Waals surface area (Å²) in [7, 11) is 0. The van der Waals surface area contributed by atoms with Gasteiger partial charge in [-0.15, -0.1) is 0 Å². The monoisotopic (exact) mass is 274 g/mol. The lowest BCUT2D eigenvalue weighted by Crippen LogP contribution is -2.06. The van der Waals surface area contributed by atoms with Crippen LogP contribution in [0, 0.1) is 0 Å². The van der Waals surface area contributed by atoms with Gasteiger partial charge >= 0.3 is 5.97 Å². The van der Waals surface area contributed by atoms with E-state index in [-0.39, 0.29) is 12.2 Å². The van der Waals surface area contributed by atoms with Gasteiger partial charge < -0.3 is 4.74 Å². The van der Waals surface area contributed by atoms with Gasteiger partial charge in [-0.3, -0.25) is 4.79 Å². The molecule has 0 aliphatic carbocycles. The quantitative estimate of drug-likeness (QED) is 0.634. The van der Waals surface area contributed by atoms with Crippen LogP contribution < -0.4 is 0 Å². The molecule has 0 aromatic heterocycles. The SMILES string of the molecule is O=C(Cl)c1cccc(C(=O)OCc2ccccc2)c1. The van der Waals surface area contributed by atoms with Crippen LogP contribution in [0.25, 0.3) is 0 Å². The molecular formula is C15H11ClO3. The highest BCUT2D eigenvalue weighted by molar-refractivity contribution is 6.67. The molecule has 0 N–H and O–H groups in total. The van der Waals surface area contributed by atoms with Gasteiger partial charge in [-0.05, 0) is 29.3 Å². The first-order chi connectivity index (χ1) is 9.16. The average molecular weight is 275 g/mol. The third kappa shape index (κ3) is 3.66. The molecule has 2 aromatic rings. The first-order valence-electron chi connectivity index (χ1n) is 5.68. The number of ether oxygens (including phenoxy) is 1. The molecule has 0 unspecified atom stereocenters. The summed E-state index contributed by atoms with van der Waals surface area (Å²) in [5.41, 5.74) is 1.48. The Morgan fingerprint density at radius 1 is 0.947 bits per heavy atom. The Bertz CT molecular complexity index is 593. The molecular weight excluding hydrogens is 264 g/mol. The van der Waals surface area contributed by atoms with Gasteiger partial charge in [0.25, 0.3) is 5.24 Å². The smallest absolute Gasteiger partial charge is 0.338 e.